The minimum absolute atomic E-state index is 0.00385. The first kappa shape index (κ1) is 19.2. The number of hydrogen-bond donors (Lipinski definition) is 0. The molecule has 1 saturated carbocycles. The maximum Gasteiger partial charge on any atom is 0.516 e. The first-order valence-electron chi connectivity index (χ1n) is 8.02. The lowest BCUT2D eigenvalue weighted by atomic mass is 9.96. The van der Waals surface area contributed by atoms with E-state index in [1.807, 2.05) is 30.3 Å². The minimum atomic E-state index is -5.50. The third-order valence-electron chi connectivity index (χ3n) is 4.56. The maximum absolute atomic E-state index is 13.3. The number of rotatable bonds is 6. The van der Waals surface area contributed by atoms with E-state index < -0.39 is 20.9 Å². The monoisotopic (exact) mass is 447 g/mol. The highest BCUT2D eigenvalue weighted by Gasteiger charge is 2.54. The number of nitrogens with zero attached hydrogens (tertiary/aromatic N) is 1. The van der Waals surface area contributed by atoms with E-state index in [1.165, 1.54) is 18.2 Å². The van der Waals surface area contributed by atoms with Crippen LogP contribution < -0.4 is 4.31 Å². The SMILES string of the molecule is O=S(=O)(N(CC1(Cc2ccccc2)CC1)c1ccccc1Br)C(F)(F)F. The van der Waals surface area contributed by atoms with Crippen molar-refractivity contribution in [1.82, 2.24) is 0 Å². The van der Waals surface area contributed by atoms with Gasteiger partial charge >= 0.3 is 15.5 Å². The van der Waals surface area contributed by atoms with Crippen molar-refractivity contribution in [2.45, 2.75) is 24.8 Å². The van der Waals surface area contributed by atoms with Crippen LogP contribution in [0.15, 0.2) is 59.1 Å². The zero-order valence-electron chi connectivity index (χ0n) is 13.7. The molecular formula is C18H17BrF3NO2S. The molecule has 0 aromatic heterocycles. The molecule has 8 heteroatoms. The minimum Gasteiger partial charge on any atom is -0.261 e. The quantitative estimate of drug-likeness (QED) is 0.615. The van der Waals surface area contributed by atoms with Gasteiger partial charge in [0.1, 0.15) is 0 Å². The normalized spacial score (nSPS) is 16.3. The summed E-state index contributed by atoms with van der Waals surface area (Å²) in [6.07, 6.45) is 1.93. The molecule has 3 nitrogen and oxygen atoms in total. The molecule has 0 bridgehead atoms. The zero-order chi connectivity index (χ0) is 19.0. The molecule has 2 aromatic rings. The van der Waals surface area contributed by atoms with Gasteiger partial charge in [-0.2, -0.15) is 21.6 Å². The van der Waals surface area contributed by atoms with Crippen LogP contribution in [0.1, 0.15) is 18.4 Å². The third-order valence-corrected chi connectivity index (χ3v) is 6.72. The fraction of sp³-hybridized carbons (Fsp3) is 0.333. The Morgan fingerprint density at radius 3 is 2.12 bits per heavy atom. The Kier molecular flexibility index (Phi) is 5.09. The van der Waals surface area contributed by atoms with Crippen LogP contribution in [0.5, 0.6) is 0 Å². The first-order valence-corrected chi connectivity index (χ1v) is 10.3. The first-order chi connectivity index (χ1) is 12.1. The van der Waals surface area contributed by atoms with Gasteiger partial charge in [0.2, 0.25) is 0 Å². The summed E-state index contributed by atoms with van der Waals surface area (Å²) < 4.78 is 65.1. The van der Waals surface area contributed by atoms with Gasteiger partial charge in [-0.3, -0.25) is 4.31 Å². The Bertz CT molecular complexity index is 881. The molecule has 1 fully saturated rings. The van der Waals surface area contributed by atoms with Gasteiger partial charge < -0.3 is 0 Å². The van der Waals surface area contributed by atoms with E-state index >= 15 is 0 Å². The molecule has 2 aromatic carbocycles. The Labute approximate surface area is 159 Å². The maximum atomic E-state index is 13.3. The van der Waals surface area contributed by atoms with Crippen molar-refractivity contribution in [2.75, 3.05) is 10.8 Å². The molecule has 0 unspecified atom stereocenters. The van der Waals surface area contributed by atoms with Crippen LogP contribution in [0.3, 0.4) is 0 Å². The van der Waals surface area contributed by atoms with Crippen LogP contribution in [-0.2, 0) is 16.4 Å². The summed E-state index contributed by atoms with van der Waals surface area (Å²) in [5.41, 5.74) is -4.84. The number of alkyl halides is 3. The largest absolute Gasteiger partial charge is 0.516 e. The average molecular weight is 448 g/mol. The molecule has 0 spiro atoms. The van der Waals surface area contributed by atoms with Crippen molar-refractivity contribution < 1.29 is 21.6 Å². The predicted octanol–water partition coefficient (Wildman–Crippen LogP) is 5.13. The summed E-state index contributed by atoms with van der Waals surface area (Å²) in [5.74, 6) is 0. The van der Waals surface area contributed by atoms with Crippen LogP contribution >= 0.6 is 15.9 Å². The molecule has 1 aliphatic rings. The summed E-state index contributed by atoms with van der Waals surface area (Å²) in [4.78, 5) is 0. The van der Waals surface area contributed by atoms with Crippen molar-refractivity contribution in [3.8, 4) is 0 Å². The molecule has 0 N–H and O–H groups in total. The van der Waals surface area contributed by atoms with E-state index in [4.69, 9.17) is 0 Å². The molecule has 140 valence electrons. The number of anilines is 1. The second-order valence-electron chi connectivity index (χ2n) is 6.57. The van der Waals surface area contributed by atoms with Crippen LogP contribution in [0.2, 0.25) is 0 Å². The lowest BCUT2D eigenvalue weighted by Crippen LogP contribution is -2.44. The van der Waals surface area contributed by atoms with Crippen LogP contribution in [-0.4, -0.2) is 20.5 Å². The Hall–Kier alpha value is -1.54. The summed E-state index contributed by atoms with van der Waals surface area (Å²) in [5, 5.41) is 0. The van der Waals surface area contributed by atoms with Crippen molar-refractivity contribution in [1.29, 1.82) is 0 Å². The van der Waals surface area contributed by atoms with E-state index in [2.05, 4.69) is 15.9 Å². The highest BCUT2D eigenvalue weighted by Crippen LogP contribution is 2.51. The van der Waals surface area contributed by atoms with Gasteiger partial charge in [-0.15, -0.1) is 0 Å². The topological polar surface area (TPSA) is 37.4 Å². The smallest absolute Gasteiger partial charge is 0.261 e. The Morgan fingerprint density at radius 2 is 1.58 bits per heavy atom. The lowest BCUT2D eigenvalue weighted by molar-refractivity contribution is -0.0439. The van der Waals surface area contributed by atoms with E-state index in [0.29, 0.717) is 28.0 Å². The van der Waals surface area contributed by atoms with Crippen molar-refractivity contribution in [2.24, 2.45) is 5.41 Å². The lowest BCUT2D eigenvalue weighted by Gasteiger charge is -2.30. The number of sulfonamides is 1. The number of hydrogen-bond acceptors (Lipinski definition) is 2. The summed E-state index contributed by atoms with van der Waals surface area (Å²) in [7, 11) is -5.50. The summed E-state index contributed by atoms with van der Waals surface area (Å²) in [6, 6.07) is 15.5. The highest BCUT2D eigenvalue weighted by atomic mass is 79.9. The van der Waals surface area contributed by atoms with Crippen LogP contribution in [0, 0.1) is 5.41 Å². The highest BCUT2D eigenvalue weighted by molar-refractivity contribution is 9.10. The van der Waals surface area contributed by atoms with Gasteiger partial charge in [0.25, 0.3) is 0 Å². The fourth-order valence-electron chi connectivity index (χ4n) is 2.98. The molecule has 3 rings (SSSR count). The summed E-state index contributed by atoms with van der Waals surface area (Å²) >= 11 is 3.18. The number of para-hydroxylation sites is 1. The second kappa shape index (κ2) is 6.88. The molecule has 0 saturated heterocycles. The van der Waals surface area contributed by atoms with Gasteiger partial charge in [-0.25, -0.2) is 0 Å². The molecule has 1 aliphatic carbocycles. The summed E-state index contributed by atoms with van der Waals surface area (Å²) in [6.45, 7) is -0.202. The third kappa shape index (κ3) is 3.91. The predicted molar refractivity (Wildman–Crippen MR) is 98.3 cm³/mol. The molecule has 26 heavy (non-hydrogen) atoms. The van der Waals surface area contributed by atoms with E-state index in [0.717, 1.165) is 5.56 Å². The van der Waals surface area contributed by atoms with Crippen molar-refractivity contribution in [3.63, 3.8) is 0 Å². The van der Waals surface area contributed by atoms with Gasteiger partial charge in [0.05, 0.1) is 5.69 Å². The Morgan fingerprint density at radius 1 is 1.00 bits per heavy atom. The standard InChI is InChI=1S/C18H17BrF3NO2S/c19-15-8-4-5-9-16(15)23(26(24,25)18(20,21)22)13-17(10-11-17)12-14-6-2-1-3-7-14/h1-9H,10-13H2. The average Bonchev–Trinajstić information content (AvgIpc) is 3.33. The molecule has 0 atom stereocenters. The van der Waals surface area contributed by atoms with Crippen molar-refractivity contribution in [3.05, 3.63) is 64.6 Å². The molecule has 0 heterocycles. The second-order valence-corrected chi connectivity index (χ2v) is 9.28. The van der Waals surface area contributed by atoms with E-state index in [-0.39, 0.29) is 12.2 Å². The number of benzene rings is 2. The number of halogens is 4. The van der Waals surface area contributed by atoms with Crippen molar-refractivity contribution >= 4 is 31.6 Å². The van der Waals surface area contributed by atoms with Gasteiger partial charge in [0, 0.05) is 11.0 Å². The van der Waals surface area contributed by atoms with Gasteiger partial charge in [0.15, 0.2) is 0 Å². The van der Waals surface area contributed by atoms with Crippen LogP contribution in [0.25, 0.3) is 0 Å². The molecule has 0 radical (unpaired) electrons. The Balaban J connectivity index is 1.96. The van der Waals surface area contributed by atoms with E-state index in [1.54, 1.807) is 6.07 Å². The fourth-order valence-corrected chi connectivity index (χ4v) is 4.71. The zero-order valence-corrected chi connectivity index (χ0v) is 16.1. The van der Waals surface area contributed by atoms with Crippen LogP contribution in [0.4, 0.5) is 18.9 Å². The molecule has 0 aliphatic heterocycles. The molecular weight excluding hydrogens is 431 g/mol. The molecule has 0 amide bonds. The van der Waals surface area contributed by atoms with Gasteiger partial charge in [-0.1, -0.05) is 42.5 Å². The van der Waals surface area contributed by atoms with E-state index in [9.17, 15) is 21.6 Å². The van der Waals surface area contributed by atoms with Gasteiger partial charge in [-0.05, 0) is 58.3 Å².